The molecule has 0 bridgehead atoms. The van der Waals surface area contributed by atoms with Crippen molar-refractivity contribution in [2.75, 3.05) is 6.54 Å². The number of benzene rings is 1. The zero-order chi connectivity index (χ0) is 11.7. The Balaban J connectivity index is 2.35. The van der Waals surface area contributed by atoms with Crippen LogP contribution in [0, 0.1) is 17.5 Å². The van der Waals surface area contributed by atoms with Gasteiger partial charge in [0, 0.05) is 11.6 Å². The fourth-order valence-electron chi connectivity index (χ4n) is 2.21. The van der Waals surface area contributed by atoms with Crippen molar-refractivity contribution in [3.05, 3.63) is 34.6 Å². The highest BCUT2D eigenvalue weighted by Gasteiger charge is 2.29. The van der Waals surface area contributed by atoms with Crippen molar-refractivity contribution in [3.63, 3.8) is 0 Å². The molecule has 0 heterocycles. The summed E-state index contributed by atoms with van der Waals surface area (Å²) in [5.41, 5.74) is 0.900. The Labute approximate surface area is 92.7 Å². The van der Waals surface area contributed by atoms with Crippen LogP contribution in [-0.4, -0.2) is 6.54 Å². The van der Waals surface area contributed by atoms with Gasteiger partial charge >= 0.3 is 0 Å². The average Bonchev–Trinajstić information content (AvgIpc) is 2.66. The maximum atomic E-state index is 13.6. The third-order valence-electron chi connectivity index (χ3n) is 2.98. The summed E-state index contributed by atoms with van der Waals surface area (Å²) < 4.78 is 39.7. The van der Waals surface area contributed by atoms with Gasteiger partial charge in [-0.2, -0.15) is 0 Å². The van der Waals surface area contributed by atoms with Crippen molar-refractivity contribution in [1.82, 2.24) is 5.32 Å². The first-order chi connectivity index (χ1) is 7.65. The fourth-order valence-corrected chi connectivity index (χ4v) is 2.21. The third kappa shape index (κ3) is 1.82. The second kappa shape index (κ2) is 4.45. The molecule has 4 heteroatoms. The Morgan fingerprint density at radius 2 is 2.06 bits per heavy atom. The molecule has 1 atom stereocenters. The molecule has 0 aromatic heterocycles. The maximum absolute atomic E-state index is 13.6. The van der Waals surface area contributed by atoms with E-state index in [2.05, 4.69) is 5.32 Å². The predicted octanol–water partition coefficient (Wildman–Crippen LogP) is 3.09. The molecule has 0 spiro atoms. The minimum Gasteiger partial charge on any atom is -0.310 e. The van der Waals surface area contributed by atoms with Crippen LogP contribution in [0.1, 0.15) is 36.9 Å². The lowest BCUT2D eigenvalue weighted by atomic mass is 10.1. The van der Waals surface area contributed by atoms with E-state index in [9.17, 15) is 13.2 Å². The average molecular weight is 229 g/mol. The smallest absolute Gasteiger partial charge is 0.194 e. The summed E-state index contributed by atoms with van der Waals surface area (Å²) in [6.45, 7) is 2.76. The first-order valence-electron chi connectivity index (χ1n) is 5.54. The van der Waals surface area contributed by atoms with Gasteiger partial charge in [0.1, 0.15) is 0 Å². The minimum atomic E-state index is -1.36. The molecule has 0 fully saturated rings. The lowest BCUT2D eigenvalue weighted by Crippen LogP contribution is -2.21. The summed E-state index contributed by atoms with van der Waals surface area (Å²) in [6, 6.07) is 0.937. The number of nitrogens with one attached hydrogen (secondary N) is 1. The van der Waals surface area contributed by atoms with Crippen LogP contribution >= 0.6 is 0 Å². The Kier molecular flexibility index (Phi) is 3.19. The van der Waals surface area contributed by atoms with Crippen LogP contribution in [0.25, 0.3) is 0 Å². The van der Waals surface area contributed by atoms with E-state index >= 15 is 0 Å². The normalized spacial score (nSPS) is 18.9. The molecule has 1 nitrogen and oxygen atoms in total. The molecule has 1 aromatic carbocycles. The van der Waals surface area contributed by atoms with Crippen LogP contribution in [0.15, 0.2) is 6.07 Å². The molecular formula is C12H14F3N. The highest BCUT2D eigenvalue weighted by molar-refractivity contribution is 5.37. The van der Waals surface area contributed by atoms with Gasteiger partial charge in [0.25, 0.3) is 0 Å². The van der Waals surface area contributed by atoms with E-state index < -0.39 is 17.5 Å². The number of halogens is 3. The van der Waals surface area contributed by atoms with Crippen molar-refractivity contribution >= 4 is 0 Å². The predicted molar refractivity (Wildman–Crippen MR) is 55.7 cm³/mol. The van der Waals surface area contributed by atoms with Crippen LogP contribution in [0.5, 0.6) is 0 Å². The number of hydrogen-bond donors (Lipinski definition) is 1. The lowest BCUT2D eigenvalue weighted by Gasteiger charge is -2.14. The van der Waals surface area contributed by atoms with Crippen molar-refractivity contribution in [3.8, 4) is 0 Å². The van der Waals surface area contributed by atoms with Crippen LogP contribution in [-0.2, 0) is 6.42 Å². The molecule has 0 radical (unpaired) electrons. The van der Waals surface area contributed by atoms with E-state index in [1.165, 1.54) is 0 Å². The summed E-state index contributed by atoms with van der Waals surface area (Å²) >= 11 is 0. The van der Waals surface area contributed by atoms with Gasteiger partial charge in [-0.25, -0.2) is 13.2 Å². The molecule has 0 saturated heterocycles. The van der Waals surface area contributed by atoms with E-state index in [4.69, 9.17) is 0 Å². The van der Waals surface area contributed by atoms with E-state index in [0.717, 1.165) is 19.0 Å². The van der Waals surface area contributed by atoms with Crippen LogP contribution in [0.3, 0.4) is 0 Å². The minimum absolute atomic E-state index is 0.176. The SMILES string of the molecule is CCCNC1CCc2cc(F)c(F)c(F)c21. The lowest BCUT2D eigenvalue weighted by molar-refractivity contribution is 0.428. The first kappa shape index (κ1) is 11.5. The van der Waals surface area contributed by atoms with Gasteiger partial charge in [-0.15, -0.1) is 0 Å². The van der Waals surface area contributed by atoms with E-state index in [0.29, 0.717) is 24.0 Å². The highest BCUT2D eigenvalue weighted by atomic mass is 19.2. The number of aryl methyl sites for hydroxylation is 1. The Morgan fingerprint density at radius 1 is 1.31 bits per heavy atom. The summed E-state index contributed by atoms with van der Waals surface area (Å²) in [6.07, 6.45) is 2.23. The third-order valence-corrected chi connectivity index (χ3v) is 2.98. The van der Waals surface area contributed by atoms with Gasteiger partial charge < -0.3 is 5.32 Å². The summed E-state index contributed by atoms with van der Waals surface area (Å²) in [4.78, 5) is 0. The van der Waals surface area contributed by atoms with Gasteiger partial charge in [-0.3, -0.25) is 0 Å². The molecule has 1 aliphatic rings. The molecule has 1 aliphatic carbocycles. The Morgan fingerprint density at radius 3 is 2.75 bits per heavy atom. The standard InChI is InChI=1S/C12H14F3N/c1-2-5-16-9-4-3-7-6-8(13)11(14)12(15)10(7)9/h6,9,16H,2-5H2,1H3. The van der Waals surface area contributed by atoms with Gasteiger partial charge in [0.05, 0.1) is 0 Å². The number of hydrogen-bond acceptors (Lipinski definition) is 1. The van der Waals surface area contributed by atoms with Crippen LogP contribution < -0.4 is 5.32 Å². The van der Waals surface area contributed by atoms with Gasteiger partial charge in [0.15, 0.2) is 17.5 Å². The van der Waals surface area contributed by atoms with Crippen molar-refractivity contribution < 1.29 is 13.2 Å². The van der Waals surface area contributed by atoms with Crippen LogP contribution in [0.4, 0.5) is 13.2 Å². The molecule has 1 unspecified atom stereocenters. The molecule has 1 N–H and O–H groups in total. The Bertz CT molecular complexity index is 404. The monoisotopic (exact) mass is 229 g/mol. The topological polar surface area (TPSA) is 12.0 Å². The zero-order valence-corrected chi connectivity index (χ0v) is 9.12. The summed E-state index contributed by atoms with van der Waals surface area (Å²) in [5.74, 6) is -3.47. The van der Waals surface area contributed by atoms with Crippen LogP contribution in [0.2, 0.25) is 0 Å². The maximum Gasteiger partial charge on any atom is 0.194 e. The molecule has 0 aliphatic heterocycles. The zero-order valence-electron chi connectivity index (χ0n) is 9.12. The van der Waals surface area contributed by atoms with E-state index in [-0.39, 0.29) is 6.04 Å². The quantitative estimate of drug-likeness (QED) is 0.785. The molecule has 2 rings (SSSR count). The molecule has 88 valence electrons. The second-order valence-electron chi connectivity index (χ2n) is 4.10. The van der Waals surface area contributed by atoms with Crippen molar-refractivity contribution in [1.29, 1.82) is 0 Å². The molecule has 16 heavy (non-hydrogen) atoms. The van der Waals surface area contributed by atoms with Gasteiger partial charge in [-0.05, 0) is 37.4 Å². The second-order valence-corrected chi connectivity index (χ2v) is 4.10. The first-order valence-corrected chi connectivity index (χ1v) is 5.54. The van der Waals surface area contributed by atoms with Gasteiger partial charge in [0.2, 0.25) is 0 Å². The fraction of sp³-hybridized carbons (Fsp3) is 0.500. The van der Waals surface area contributed by atoms with E-state index in [1.54, 1.807) is 0 Å². The molecule has 0 saturated carbocycles. The summed E-state index contributed by atoms with van der Waals surface area (Å²) in [5, 5.41) is 3.15. The summed E-state index contributed by atoms with van der Waals surface area (Å²) in [7, 11) is 0. The molecule has 0 amide bonds. The molecule has 1 aromatic rings. The van der Waals surface area contributed by atoms with Gasteiger partial charge in [-0.1, -0.05) is 6.92 Å². The largest absolute Gasteiger partial charge is 0.310 e. The number of fused-ring (bicyclic) bond motifs is 1. The highest BCUT2D eigenvalue weighted by Crippen LogP contribution is 2.35. The number of rotatable bonds is 3. The van der Waals surface area contributed by atoms with E-state index in [1.807, 2.05) is 6.92 Å². The molecular weight excluding hydrogens is 215 g/mol. The van der Waals surface area contributed by atoms with Crippen molar-refractivity contribution in [2.24, 2.45) is 0 Å². The van der Waals surface area contributed by atoms with Crippen molar-refractivity contribution in [2.45, 2.75) is 32.2 Å². The Hall–Kier alpha value is -1.03.